The first kappa shape index (κ1) is 17.5. The molecule has 6 heteroatoms. The van der Waals surface area contributed by atoms with Crippen LogP contribution in [-0.2, 0) is 0 Å². The Bertz CT molecular complexity index is 858. The molecule has 1 aromatic heterocycles. The van der Waals surface area contributed by atoms with Crippen LogP contribution < -0.4 is 10.2 Å². The van der Waals surface area contributed by atoms with Crippen LogP contribution >= 0.6 is 0 Å². The average molecular weight is 378 g/mol. The van der Waals surface area contributed by atoms with E-state index < -0.39 is 0 Å². The number of hydrogen-bond donors (Lipinski definition) is 2. The predicted molar refractivity (Wildman–Crippen MR) is 106 cm³/mol. The second-order valence-electron chi connectivity index (χ2n) is 8.61. The molecule has 2 N–H and O–H groups in total. The van der Waals surface area contributed by atoms with E-state index in [1.54, 1.807) is 19.5 Å². The molecule has 0 spiro atoms. The highest BCUT2D eigenvalue weighted by atomic mass is 16.5. The van der Waals surface area contributed by atoms with E-state index >= 15 is 0 Å². The van der Waals surface area contributed by atoms with Gasteiger partial charge in [0.05, 0.1) is 19.5 Å². The van der Waals surface area contributed by atoms with Gasteiger partial charge in [-0.2, -0.15) is 5.10 Å². The van der Waals surface area contributed by atoms with Crippen molar-refractivity contribution in [3.05, 3.63) is 47.5 Å². The van der Waals surface area contributed by atoms with Crippen LogP contribution in [0.2, 0.25) is 0 Å². The predicted octanol–water partition coefficient (Wildman–Crippen LogP) is 3.72. The third-order valence-electron chi connectivity index (χ3n) is 6.88. The maximum Gasteiger partial charge on any atom is 0.289 e. The van der Waals surface area contributed by atoms with Crippen molar-refractivity contribution in [2.24, 2.45) is 28.8 Å². The maximum atomic E-state index is 12.4. The van der Waals surface area contributed by atoms with Crippen molar-refractivity contribution >= 4 is 12.1 Å². The van der Waals surface area contributed by atoms with Crippen LogP contribution in [0.4, 0.5) is 0 Å². The zero-order chi connectivity index (χ0) is 19.1. The molecule has 1 heterocycles. The van der Waals surface area contributed by atoms with Gasteiger partial charge in [-0.3, -0.25) is 4.79 Å². The molecule has 6 rings (SSSR count). The standard InChI is InChI=1S/C22H26N4O2/c1-28-18-4-2-13(3-5-18)11-24-26-22(27)19-12-23-21(25-19)20-16-7-14-6-15(9-16)10-17(20)8-14/h2-5,11-12,14-17,20H,6-10H2,1H3,(H,23,25)(H,26,27)/b24-11+. The van der Waals surface area contributed by atoms with Crippen LogP contribution in [0, 0.1) is 23.7 Å². The molecule has 4 aliphatic carbocycles. The number of hydrazone groups is 1. The number of aromatic nitrogens is 2. The van der Waals surface area contributed by atoms with E-state index in [-0.39, 0.29) is 5.91 Å². The number of methoxy groups -OCH3 is 1. The van der Waals surface area contributed by atoms with E-state index in [4.69, 9.17) is 4.74 Å². The van der Waals surface area contributed by atoms with Crippen LogP contribution in [-0.4, -0.2) is 29.2 Å². The minimum Gasteiger partial charge on any atom is -0.497 e. The molecular formula is C22H26N4O2. The van der Waals surface area contributed by atoms with Crippen LogP contribution in [0.3, 0.4) is 0 Å². The molecule has 28 heavy (non-hydrogen) atoms. The quantitative estimate of drug-likeness (QED) is 0.615. The molecule has 4 saturated carbocycles. The summed E-state index contributed by atoms with van der Waals surface area (Å²) in [6.07, 6.45) is 10.1. The van der Waals surface area contributed by atoms with Gasteiger partial charge in [0.25, 0.3) is 5.91 Å². The molecule has 0 saturated heterocycles. The molecule has 0 unspecified atom stereocenters. The number of hydrogen-bond acceptors (Lipinski definition) is 4. The second kappa shape index (κ2) is 7.08. The van der Waals surface area contributed by atoms with Crippen molar-refractivity contribution in [1.82, 2.24) is 15.4 Å². The van der Waals surface area contributed by atoms with Gasteiger partial charge in [0.1, 0.15) is 17.3 Å². The third-order valence-corrected chi connectivity index (χ3v) is 6.88. The van der Waals surface area contributed by atoms with Crippen molar-refractivity contribution < 1.29 is 9.53 Å². The summed E-state index contributed by atoms with van der Waals surface area (Å²) in [7, 11) is 1.63. The van der Waals surface area contributed by atoms with Crippen LogP contribution in [0.25, 0.3) is 0 Å². The summed E-state index contributed by atoms with van der Waals surface area (Å²) in [6, 6.07) is 7.48. The molecule has 6 nitrogen and oxygen atoms in total. The van der Waals surface area contributed by atoms with Crippen LogP contribution in [0.5, 0.6) is 5.75 Å². The van der Waals surface area contributed by atoms with Gasteiger partial charge in [0.15, 0.2) is 0 Å². The van der Waals surface area contributed by atoms with Crippen LogP contribution in [0.1, 0.15) is 59.9 Å². The Kier molecular flexibility index (Phi) is 4.41. The lowest BCUT2D eigenvalue weighted by molar-refractivity contribution is -0.00541. The summed E-state index contributed by atoms with van der Waals surface area (Å²) in [5.41, 5.74) is 3.96. The molecule has 4 aliphatic rings. The molecule has 0 atom stereocenters. The molecule has 1 aromatic carbocycles. The van der Waals surface area contributed by atoms with Gasteiger partial charge in [-0.15, -0.1) is 0 Å². The SMILES string of the molecule is COc1ccc(/C=N/NC(=O)c2cnc(C3C4CC5CC(C4)CC3C5)[nH]2)cc1. The lowest BCUT2D eigenvalue weighted by Gasteiger charge is -2.53. The van der Waals surface area contributed by atoms with Crippen molar-refractivity contribution in [3.8, 4) is 5.75 Å². The molecule has 4 bridgehead atoms. The largest absolute Gasteiger partial charge is 0.497 e. The number of carbonyl (C=O) groups excluding carboxylic acids is 1. The van der Waals surface area contributed by atoms with Gasteiger partial charge < -0.3 is 9.72 Å². The molecular weight excluding hydrogens is 352 g/mol. The van der Waals surface area contributed by atoms with E-state index in [1.165, 1.54) is 32.1 Å². The fraction of sp³-hybridized carbons (Fsp3) is 0.500. The smallest absolute Gasteiger partial charge is 0.289 e. The van der Waals surface area contributed by atoms with Crippen LogP contribution in [0.15, 0.2) is 35.6 Å². The van der Waals surface area contributed by atoms with Gasteiger partial charge in [0.2, 0.25) is 0 Å². The summed E-state index contributed by atoms with van der Waals surface area (Å²) >= 11 is 0. The van der Waals surface area contributed by atoms with Crippen molar-refractivity contribution in [2.45, 2.75) is 38.0 Å². The highest BCUT2D eigenvalue weighted by molar-refractivity contribution is 5.93. The summed E-state index contributed by atoms with van der Waals surface area (Å²) < 4.78 is 5.13. The molecule has 0 aliphatic heterocycles. The van der Waals surface area contributed by atoms with Gasteiger partial charge in [0, 0.05) is 5.92 Å². The Morgan fingerprint density at radius 1 is 1.14 bits per heavy atom. The zero-order valence-electron chi connectivity index (χ0n) is 16.1. The fourth-order valence-corrected chi connectivity index (χ4v) is 5.91. The minimum atomic E-state index is -0.257. The van der Waals surface area contributed by atoms with E-state index in [1.807, 2.05) is 24.3 Å². The van der Waals surface area contributed by atoms with Crippen molar-refractivity contribution in [2.75, 3.05) is 7.11 Å². The van der Waals surface area contributed by atoms with E-state index in [9.17, 15) is 4.79 Å². The van der Waals surface area contributed by atoms with Gasteiger partial charge in [-0.1, -0.05) is 0 Å². The number of rotatable bonds is 5. The number of nitrogens with zero attached hydrogens (tertiary/aromatic N) is 2. The summed E-state index contributed by atoms with van der Waals surface area (Å²) in [6.45, 7) is 0. The summed E-state index contributed by atoms with van der Waals surface area (Å²) in [4.78, 5) is 20.3. The fourth-order valence-electron chi connectivity index (χ4n) is 5.91. The lowest BCUT2D eigenvalue weighted by atomic mass is 9.52. The number of benzene rings is 1. The Labute approximate surface area is 164 Å². The molecule has 4 fully saturated rings. The Morgan fingerprint density at radius 3 is 2.46 bits per heavy atom. The van der Waals surface area contributed by atoms with Gasteiger partial charge in [-0.25, -0.2) is 10.4 Å². The van der Waals surface area contributed by atoms with E-state index in [0.29, 0.717) is 11.6 Å². The van der Waals surface area contributed by atoms with E-state index in [2.05, 4.69) is 20.5 Å². The molecule has 146 valence electrons. The highest BCUT2D eigenvalue weighted by Crippen LogP contribution is 2.59. The first-order valence-corrected chi connectivity index (χ1v) is 10.2. The van der Waals surface area contributed by atoms with Gasteiger partial charge >= 0.3 is 0 Å². The maximum absolute atomic E-state index is 12.4. The normalized spacial score (nSPS) is 30.7. The topological polar surface area (TPSA) is 79.4 Å². The molecule has 0 radical (unpaired) electrons. The first-order valence-electron chi connectivity index (χ1n) is 10.2. The number of H-pyrrole nitrogens is 1. The third kappa shape index (κ3) is 3.21. The number of carbonyl (C=O) groups is 1. The number of imidazole rings is 1. The summed E-state index contributed by atoms with van der Waals surface area (Å²) in [5, 5.41) is 4.06. The van der Waals surface area contributed by atoms with E-state index in [0.717, 1.165) is 40.8 Å². The monoisotopic (exact) mass is 378 g/mol. The molecule has 2 aromatic rings. The summed E-state index contributed by atoms with van der Waals surface area (Å²) in [5.74, 6) is 5.38. The van der Waals surface area contributed by atoms with Gasteiger partial charge in [-0.05, 0) is 85.6 Å². The van der Waals surface area contributed by atoms with Crippen molar-refractivity contribution in [3.63, 3.8) is 0 Å². The second-order valence-corrected chi connectivity index (χ2v) is 8.61. The minimum absolute atomic E-state index is 0.257. The van der Waals surface area contributed by atoms with Crippen molar-refractivity contribution in [1.29, 1.82) is 0 Å². The highest BCUT2D eigenvalue weighted by Gasteiger charge is 2.49. The Balaban J connectivity index is 1.23. The Hall–Kier alpha value is -2.63. The zero-order valence-corrected chi connectivity index (χ0v) is 16.1. The number of aromatic amines is 1. The lowest BCUT2D eigenvalue weighted by Crippen LogP contribution is -2.44. The Morgan fingerprint density at radius 2 is 1.82 bits per heavy atom. The number of ether oxygens (including phenoxy) is 1. The average Bonchev–Trinajstić information content (AvgIpc) is 3.17. The number of amides is 1. The molecule has 1 amide bonds. The number of nitrogens with one attached hydrogen (secondary N) is 2. The first-order chi connectivity index (χ1) is 13.7.